The quantitative estimate of drug-likeness (QED) is 0.781. The van der Waals surface area contributed by atoms with Crippen molar-refractivity contribution in [2.75, 3.05) is 6.61 Å². The number of aromatic amines is 1. The van der Waals surface area contributed by atoms with Crippen LogP contribution in [0.5, 0.6) is 5.75 Å². The maximum atomic E-state index is 12.4. The molecule has 0 saturated heterocycles. The molecule has 0 saturated carbocycles. The standard InChI is InChI=1S/C10H11F2NO4/c1-2-17-7(14)4-5-3-6(9(11)12)8(15)10(16)13-5/h3,9,15H,2,4H2,1H3,(H,13,16). The van der Waals surface area contributed by atoms with Crippen LogP contribution in [0.1, 0.15) is 24.6 Å². The van der Waals surface area contributed by atoms with Gasteiger partial charge >= 0.3 is 5.97 Å². The Morgan fingerprint density at radius 3 is 2.76 bits per heavy atom. The second kappa shape index (κ2) is 5.42. The molecule has 0 radical (unpaired) electrons. The molecule has 17 heavy (non-hydrogen) atoms. The van der Waals surface area contributed by atoms with E-state index in [9.17, 15) is 18.4 Å². The maximum Gasteiger partial charge on any atom is 0.311 e. The summed E-state index contributed by atoms with van der Waals surface area (Å²) in [5.74, 6) is -1.68. The molecule has 0 spiro atoms. The minimum absolute atomic E-state index is 0.0263. The highest BCUT2D eigenvalue weighted by Crippen LogP contribution is 2.25. The number of H-pyrrole nitrogens is 1. The molecule has 0 bridgehead atoms. The number of esters is 1. The summed E-state index contributed by atoms with van der Waals surface area (Å²) in [6.07, 6.45) is -3.32. The SMILES string of the molecule is CCOC(=O)Cc1cc(C(F)F)c(O)c(=O)[nH]1. The topological polar surface area (TPSA) is 79.4 Å². The van der Waals surface area contributed by atoms with E-state index in [0.29, 0.717) is 0 Å². The van der Waals surface area contributed by atoms with E-state index in [4.69, 9.17) is 5.11 Å². The molecule has 1 aromatic rings. The van der Waals surface area contributed by atoms with E-state index in [1.54, 1.807) is 6.92 Å². The number of carbonyl (C=O) groups excluding carboxylic acids is 1. The van der Waals surface area contributed by atoms with E-state index in [-0.39, 0.29) is 18.7 Å². The van der Waals surface area contributed by atoms with Crippen LogP contribution in [-0.2, 0) is 16.0 Å². The molecule has 0 aliphatic heterocycles. The molecule has 0 aromatic carbocycles. The lowest BCUT2D eigenvalue weighted by molar-refractivity contribution is -0.142. The van der Waals surface area contributed by atoms with E-state index in [2.05, 4.69) is 9.72 Å². The van der Waals surface area contributed by atoms with Crippen LogP contribution < -0.4 is 5.56 Å². The Balaban J connectivity index is 3.03. The number of carbonyl (C=O) groups is 1. The van der Waals surface area contributed by atoms with Crippen molar-refractivity contribution in [1.82, 2.24) is 4.98 Å². The van der Waals surface area contributed by atoms with Gasteiger partial charge in [-0.05, 0) is 13.0 Å². The van der Waals surface area contributed by atoms with Crippen LogP contribution >= 0.6 is 0 Å². The highest BCUT2D eigenvalue weighted by molar-refractivity contribution is 5.72. The van der Waals surface area contributed by atoms with Gasteiger partial charge in [-0.15, -0.1) is 0 Å². The minimum atomic E-state index is -2.99. The van der Waals surface area contributed by atoms with Gasteiger partial charge in [-0.1, -0.05) is 0 Å². The molecular weight excluding hydrogens is 236 g/mol. The van der Waals surface area contributed by atoms with Crippen LogP contribution in [0.25, 0.3) is 0 Å². The Hall–Kier alpha value is -1.92. The third-order valence-electron chi connectivity index (χ3n) is 1.97. The molecule has 1 heterocycles. The van der Waals surface area contributed by atoms with Gasteiger partial charge in [-0.2, -0.15) is 0 Å². The first-order chi connectivity index (χ1) is 7.95. The zero-order valence-corrected chi connectivity index (χ0v) is 9.00. The Morgan fingerprint density at radius 1 is 1.59 bits per heavy atom. The Morgan fingerprint density at radius 2 is 2.24 bits per heavy atom. The fourth-order valence-electron chi connectivity index (χ4n) is 1.26. The van der Waals surface area contributed by atoms with Crippen molar-refractivity contribution in [3.8, 4) is 5.75 Å². The van der Waals surface area contributed by atoms with Gasteiger partial charge in [0.1, 0.15) is 0 Å². The number of pyridine rings is 1. The van der Waals surface area contributed by atoms with Crippen LogP contribution in [-0.4, -0.2) is 22.7 Å². The smallest absolute Gasteiger partial charge is 0.311 e. The van der Waals surface area contributed by atoms with Crippen LogP contribution in [0.2, 0.25) is 0 Å². The molecule has 2 N–H and O–H groups in total. The van der Waals surface area contributed by atoms with Crippen molar-refractivity contribution < 1.29 is 23.4 Å². The molecular formula is C10H11F2NO4. The average Bonchev–Trinajstić information content (AvgIpc) is 2.23. The summed E-state index contributed by atoms with van der Waals surface area (Å²) in [6.45, 7) is 1.75. The molecule has 0 atom stereocenters. The summed E-state index contributed by atoms with van der Waals surface area (Å²) in [6, 6.07) is 0.873. The summed E-state index contributed by atoms with van der Waals surface area (Å²) in [5, 5.41) is 9.09. The summed E-state index contributed by atoms with van der Waals surface area (Å²) in [4.78, 5) is 24.3. The van der Waals surface area contributed by atoms with Crippen molar-refractivity contribution in [1.29, 1.82) is 0 Å². The Bertz CT molecular complexity index is 470. The number of ether oxygens (including phenoxy) is 1. The van der Waals surface area contributed by atoms with E-state index >= 15 is 0 Å². The van der Waals surface area contributed by atoms with Crippen LogP contribution in [0.15, 0.2) is 10.9 Å². The molecule has 1 rings (SSSR count). The lowest BCUT2D eigenvalue weighted by Crippen LogP contribution is -2.15. The molecule has 0 aliphatic carbocycles. The Kier molecular flexibility index (Phi) is 4.19. The fourth-order valence-corrected chi connectivity index (χ4v) is 1.26. The summed E-state index contributed by atoms with van der Waals surface area (Å²) in [5.41, 5.74) is -1.88. The zero-order chi connectivity index (χ0) is 13.0. The van der Waals surface area contributed by atoms with Crippen LogP contribution in [0.4, 0.5) is 8.78 Å². The first kappa shape index (κ1) is 13.1. The first-order valence-electron chi connectivity index (χ1n) is 4.84. The number of hydrogen-bond donors (Lipinski definition) is 2. The number of alkyl halides is 2. The Labute approximate surface area is 95.0 Å². The molecule has 7 heteroatoms. The number of hydrogen-bond acceptors (Lipinski definition) is 4. The lowest BCUT2D eigenvalue weighted by Gasteiger charge is -2.06. The third kappa shape index (κ3) is 3.27. The van der Waals surface area contributed by atoms with Gasteiger partial charge in [0.15, 0.2) is 5.75 Å². The molecule has 94 valence electrons. The van der Waals surface area contributed by atoms with Gasteiger partial charge in [0, 0.05) is 5.69 Å². The van der Waals surface area contributed by atoms with Gasteiger partial charge in [-0.3, -0.25) is 9.59 Å². The number of aromatic nitrogens is 1. The van der Waals surface area contributed by atoms with E-state index < -0.39 is 29.3 Å². The van der Waals surface area contributed by atoms with Crippen molar-refractivity contribution in [3.05, 3.63) is 27.7 Å². The molecule has 0 unspecified atom stereocenters. The first-order valence-corrected chi connectivity index (χ1v) is 4.84. The van der Waals surface area contributed by atoms with Gasteiger partial charge < -0.3 is 14.8 Å². The molecule has 0 fully saturated rings. The highest BCUT2D eigenvalue weighted by atomic mass is 19.3. The zero-order valence-electron chi connectivity index (χ0n) is 9.00. The van der Waals surface area contributed by atoms with Gasteiger partial charge in [0.05, 0.1) is 18.6 Å². The van der Waals surface area contributed by atoms with Crippen LogP contribution in [0.3, 0.4) is 0 Å². The second-order valence-electron chi connectivity index (χ2n) is 3.21. The van der Waals surface area contributed by atoms with Crippen molar-refractivity contribution in [2.24, 2.45) is 0 Å². The monoisotopic (exact) mass is 247 g/mol. The maximum absolute atomic E-state index is 12.4. The minimum Gasteiger partial charge on any atom is -0.503 e. The highest BCUT2D eigenvalue weighted by Gasteiger charge is 2.18. The van der Waals surface area contributed by atoms with Gasteiger partial charge in [0.25, 0.3) is 12.0 Å². The summed E-state index contributed by atoms with van der Waals surface area (Å²) < 4.78 is 29.5. The number of halogens is 2. The molecule has 0 aliphatic rings. The van der Waals surface area contributed by atoms with Crippen molar-refractivity contribution in [2.45, 2.75) is 19.8 Å². The van der Waals surface area contributed by atoms with Gasteiger partial charge in [-0.25, -0.2) is 8.78 Å². The lowest BCUT2D eigenvalue weighted by atomic mass is 10.2. The van der Waals surface area contributed by atoms with E-state index in [1.165, 1.54) is 0 Å². The van der Waals surface area contributed by atoms with Gasteiger partial charge in [0.2, 0.25) is 0 Å². The van der Waals surface area contributed by atoms with E-state index in [1.807, 2.05) is 0 Å². The fraction of sp³-hybridized carbons (Fsp3) is 0.400. The number of nitrogens with one attached hydrogen (secondary N) is 1. The largest absolute Gasteiger partial charge is 0.503 e. The molecule has 0 amide bonds. The molecule has 5 nitrogen and oxygen atoms in total. The van der Waals surface area contributed by atoms with Crippen LogP contribution in [0, 0.1) is 0 Å². The predicted octanol–water partition coefficient (Wildman–Crippen LogP) is 1.12. The third-order valence-corrected chi connectivity index (χ3v) is 1.97. The average molecular weight is 247 g/mol. The summed E-state index contributed by atoms with van der Waals surface area (Å²) >= 11 is 0. The van der Waals surface area contributed by atoms with Crippen molar-refractivity contribution in [3.63, 3.8) is 0 Å². The molecule has 1 aromatic heterocycles. The van der Waals surface area contributed by atoms with E-state index in [0.717, 1.165) is 6.07 Å². The normalized spacial score (nSPS) is 10.6. The second-order valence-corrected chi connectivity index (χ2v) is 3.21. The number of rotatable bonds is 4. The number of aromatic hydroxyl groups is 1. The van der Waals surface area contributed by atoms with Crippen molar-refractivity contribution >= 4 is 5.97 Å². The summed E-state index contributed by atoms with van der Waals surface area (Å²) in [7, 11) is 0. The predicted molar refractivity (Wildman–Crippen MR) is 54.0 cm³/mol.